The lowest BCUT2D eigenvalue weighted by Gasteiger charge is -2.11. The van der Waals surface area contributed by atoms with Crippen molar-refractivity contribution in [3.05, 3.63) is 29.3 Å². The molecule has 0 amide bonds. The van der Waals surface area contributed by atoms with Gasteiger partial charge in [-0.05, 0) is 31.9 Å². The number of hydrogen-bond acceptors (Lipinski definition) is 3. The summed E-state index contributed by atoms with van der Waals surface area (Å²) in [7, 11) is 0. The molecule has 1 aromatic rings. The van der Waals surface area contributed by atoms with Gasteiger partial charge in [-0.25, -0.2) is 4.79 Å². The van der Waals surface area contributed by atoms with E-state index in [1.54, 1.807) is 19.9 Å². The lowest BCUT2D eigenvalue weighted by atomic mass is 10.0. The first-order valence-corrected chi connectivity index (χ1v) is 5.08. The molecular weight excluding hydrogens is 192 g/mol. The van der Waals surface area contributed by atoms with Crippen molar-refractivity contribution in [1.29, 1.82) is 0 Å². The van der Waals surface area contributed by atoms with Crippen molar-refractivity contribution in [2.45, 2.75) is 33.3 Å². The minimum atomic E-state index is -0.458. The zero-order valence-electron chi connectivity index (χ0n) is 9.28. The molecule has 0 bridgehead atoms. The molecule has 82 valence electrons. The summed E-state index contributed by atoms with van der Waals surface area (Å²) < 4.78 is 5.06. The number of hydrogen-bond donors (Lipinski definition) is 1. The first-order chi connectivity index (χ1) is 7.06. The zero-order chi connectivity index (χ0) is 11.4. The molecule has 1 aromatic carbocycles. The van der Waals surface area contributed by atoms with Gasteiger partial charge in [0.2, 0.25) is 0 Å². The van der Waals surface area contributed by atoms with Gasteiger partial charge in [-0.3, -0.25) is 0 Å². The van der Waals surface area contributed by atoms with Gasteiger partial charge in [0.15, 0.2) is 0 Å². The molecule has 0 spiro atoms. The van der Waals surface area contributed by atoms with E-state index in [0.717, 1.165) is 5.56 Å². The molecule has 0 aliphatic carbocycles. The Morgan fingerprint density at radius 1 is 1.47 bits per heavy atom. The number of carbonyl (C=O) groups is 1. The first-order valence-electron chi connectivity index (χ1n) is 5.08. The van der Waals surface area contributed by atoms with Crippen LogP contribution in [0.4, 0.5) is 0 Å². The Labute approximate surface area is 89.7 Å². The third-order valence-electron chi connectivity index (χ3n) is 2.06. The van der Waals surface area contributed by atoms with Crippen LogP contribution < -0.4 is 0 Å². The van der Waals surface area contributed by atoms with Gasteiger partial charge < -0.3 is 9.84 Å². The highest BCUT2D eigenvalue weighted by molar-refractivity contribution is 5.94. The van der Waals surface area contributed by atoms with Gasteiger partial charge in [0.1, 0.15) is 11.3 Å². The van der Waals surface area contributed by atoms with Gasteiger partial charge in [-0.1, -0.05) is 19.1 Å². The van der Waals surface area contributed by atoms with Crippen molar-refractivity contribution in [3.63, 3.8) is 0 Å². The quantitative estimate of drug-likeness (QED) is 0.776. The lowest BCUT2D eigenvalue weighted by Crippen LogP contribution is -2.13. The summed E-state index contributed by atoms with van der Waals surface area (Å²) >= 11 is 0. The minimum Gasteiger partial charge on any atom is -0.507 e. The Hall–Kier alpha value is -1.51. The van der Waals surface area contributed by atoms with Crippen LogP contribution in [0.1, 0.15) is 36.7 Å². The van der Waals surface area contributed by atoms with Crippen molar-refractivity contribution < 1.29 is 14.6 Å². The van der Waals surface area contributed by atoms with E-state index in [1.807, 2.05) is 13.0 Å². The highest BCUT2D eigenvalue weighted by Crippen LogP contribution is 2.22. The number of aryl methyl sites for hydroxylation is 1. The third-order valence-corrected chi connectivity index (χ3v) is 2.06. The van der Waals surface area contributed by atoms with E-state index in [-0.39, 0.29) is 17.4 Å². The Bertz CT molecular complexity index is 356. The van der Waals surface area contributed by atoms with Crippen LogP contribution in [-0.2, 0) is 11.2 Å². The summed E-state index contributed by atoms with van der Waals surface area (Å²) in [6, 6.07) is 5.03. The van der Waals surface area contributed by atoms with Crippen LogP contribution in [0.25, 0.3) is 0 Å². The largest absolute Gasteiger partial charge is 0.507 e. The Balaban J connectivity index is 3.06. The van der Waals surface area contributed by atoms with Gasteiger partial charge >= 0.3 is 5.97 Å². The summed E-state index contributed by atoms with van der Waals surface area (Å²) in [5.41, 5.74) is 1.09. The Kier molecular flexibility index (Phi) is 3.72. The van der Waals surface area contributed by atoms with Gasteiger partial charge in [-0.2, -0.15) is 0 Å². The van der Waals surface area contributed by atoms with E-state index in [2.05, 4.69) is 0 Å². The Morgan fingerprint density at radius 2 is 2.13 bits per heavy atom. The molecule has 0 saturated carbocycles. The van der Waals surface area contributed by atoms with Crippen LogP contribution >= 0.6 is 0 Å². The average Bonchev–Trinajstić information content (AvgIpc) is 2.15. The van der Waals surface area contributed by atoms with Gasteiger partial charge in [0.05, 0.1) is 6.10 Å². The number of benzene rings is 1. The van der Waals surface area contributed by atoms with Crippen LogP contribution in [0, 0.1) is 0 Å². The number of ether oxygens (including phenoxy) is 1. The number of aromatic hydroxyl groups is 1. The van der Waals surface area contributed by atoms with E-state index in [9.17, 15) is 9.90 Å². The average molecular weight is 208 g/mol. The first kappa shape index (κ1) is 11.6. The number of phenolic OH excluding ortho intramolecular Hbond substituents is 1. The molecule has 0 heterocycles. The van der Waals surface area contributed by atoms with Crippen molar-refractivity contribution in [1.82, 2.24) is 0 Å². The van der Waals surface area contributed by atoms with Crippen molar-refractivity contribution in [3.8, 4) is 5.75 Å². The van der Waals surface area contributed by atoms with E-state index in [1.165, 1.54) is 6.07 Å². The molecule has 0 aliphatic rings. The van der Waals surface area contributed by atoms with Crippen LogP contribution in [0.3, 0.4) is 0 Å². The summed E-state index contributed by atoms with van der Waals surface area (Å²) in [5, 5.41) is 9.60. The third kappa shape index (κ3) is 2.72. The molecule has 0 fully saturated rings. The topological polar surface area (TPSA) is 46.5 Å². The van der Waals surface area contributed by atoms with Crippen LogP contribution in [0.5, 0.6) is 5.75 Å². The maximum absolute atomic E-state index is 11.7. The van der Waals surface area contributed by atoms with Gasteiger partial charge in [0.25, 0.3) is 0 Å². The second-order valence-electron chi connectivity index (χ2n) is 3.62. The molecular formula is C12H16O3. The standard InChI is InChI=1S/C12H16O3/c1-4-9-6-5-7-10(13)11(9)12(14)15-8(2)3/h5-8,13H,4H2,1-3H3. The predicted octanol–water partition coefficient (Wildman–Crippen LogP) is 2.52. The highest BCUT2D eigenvalue weighted by atomic mass is 16.5. The minimum absolute atomic E-state index is 0.0139. The summed E-state index contributed by atoms with van der Waals surface area (Å²) in [5.74, 6) is -0.472. The molecule has 15 heavy (non-hydrogen) atoms. The second kappa shape index (κ2) is 4.82. The monoisotopic (exact) mass is 208 g/mol. The highest BCUT2D eigenvalue weighted by Gasteiger charge is 2.17. The SMILES string of the molecule is CCc1cccc(O)c1C(=O)OC(C)C. The van der Waals surface area contributed by atoms with Crippen LogP contribution in [0.2, 0.25) is 0 Å². The summed E-state index contributed by atoms with van der Waals surface area (Å²) in [6.07, 6.45) is 0.513. The van der Waals surface area contributed by atoms with Crippen molar-refractivity contribution in [2.24, 2.45) is 0 Å². The van der Waals surface area contributed by atoms with E-state index in [0.29, 0.717) is 6.42 Å². The molecule has 3 heteroatoms. The maximum atomic E-state index is 11.7. The number of rotatable bonds is 3. The fraction of sp³-hybridized carbons (Fsp3) is 0.417. The molecule has 0 aliphatic heterocycles. The maximum Gasteiger partial charge on any atom is 0.342 e. The molecule has 0 atom stereocenters. The van der Waals surface area contributed by atoms with E-state index >= 15 is 0 Å². The fourth-order valence-electron chi connectivity index (χ4n) is 1.39. The predicted molar refractivity (Wildman–Crippen MR) is 58.0 cm³/mol. The van der Waals surface area contributed by atoms with Gasteiger partial charge in [-0.15, -0.1) is 0 Å². The van der Waals surface area contributed by atoms with Crippen LogP contribution in [-0.4, -0.2) is 17.2 Å². The smallest absolute Gasteiger partial charge is 0.342 e. The molecule has 0 saturated heterocycles. The molecule has 3 nitrogen and oxygen atoms in total. The van der Waals surface area contributed by atoms with Crippen LogP contribution in [0.15, 0.2) is 18.2 Å². The lowest BCUT2D eigenvalue weighted by molar-refractivity contribution is 0.0373. The second-order valence-corrected chi connectivity index (χ2v) is 3.62. The summed E-state index contributed by atoms with van der Waals surface area (Å²) in [6.45, 7) is 5.49. The molecule has 0 radical (unpaired) electrons. The molecule has 0 unspecified atom stereocenters. The van der Waals surface area contributed by atoms with E-state index < -0.39 is 5.97 Å². The number of carbonyl (C=O) groups excluding carboxylic acids is 1. The number of esters is 1. The fourth-order valence-corrected chi connectivity index (χ4v) is 1.39. The van der Waals surface area contributed by atoms with E-state index in [4.69, 9.17) is 4.74 Å². The van der Waals surface area contributed by atoms with Crippen molar-refractivity contribution >= 4 is 5.97 Å². The summed E-state index contributed by atoms with van der Waals surface area (Å²) in [4.78, 5) is 11.7. The molecule has 1 rings (SSSR count). The normalized spacial score (nSPS) is 10.4. The van der Waals surface area contributed by atoms with Gasteiger partial charge in [0, 0.05) is 0 Å². The van der Waals surface area contributed by atoms with Crippen molar-refractivity contribution in [2.75, 3.05) is 0 Å². The molecule has 0 aromatic heterocycles. The zero-order valence-corrected chi connectivity index (χ0v) is 9.28. The number of phenols is 1. The Morgan fingerprint density at radius 3 is 2.67 bits per heavy atom. The molecule has 1 N–H and O–H groups in total.